The van der Waals surface area contributed by atoms with Gasteiger partial charge in [0.1, 0.15) is 0 Å². The average Bonchev–Trinajstić information content (AvgIpc) is 3.36. The van der Waals surface area contributed by atoms with Crippen molar-refractivity contribution in [3.8, 4) is 11.5 Å². The second-order valence-electron chi connectivity index (χ2n) is 10.1. The quantitative estimate of drug-likeness (QED) is 0.561. The first kappa shape index (κ1) is 22.6. The third-order valence-electron chi connectivity index (χ3n) is 5.56. The molecule has 1 aliphatic rings. The molecule has 1 N–H and O–H groups in total. The van der Waals surface area contributed by atoms with Gasteiger partial charge in [0.2, 0.25) is 5.95 Å². The monoisotopic (exact) mass is 437 g/mol. The summed E-state index contributed by atoms with van der Waals surface area (Å²) < 4.78 is 14.5. The maximum Gasteiger partial charge on any atom is 0.227 e. The minimum Gasteiger partial charge on any atom is -0.376 e. The summed E-state index contributed by atoms with van der Waals surface area (Å²) in [5.74, 6) is 2.03. The molecule has 0 radical (unpaired) electrons. The Balaban J connectivity index is 1.53. The van der Waals surface area contributed by atoms with E-state index in [1.807, 2.05) is 36.5 Å². The zero-order valence-corrected chi connectivity index (χ0v) is 19.8. The van der Waals surface area contributed by atoms with E-state index in [1.54, 1.807) is 0 Å². The normalized spacial score (nSPS) is 18.6. The topological polar surface area (TPSA) is 68.2 Å². The first-order chi connectivity index (χ1) is 15.2. The van der Waals surface area contributed by atoms with E-state index >= 15 is 0 Å². The molecule has 172 valence electrons. The SMILES string of the molecule is CC(COCc1ccccc1)Cn1c(-c2ccc[nH]2)nnc1N1CC(C)(C)OC(C)(C)C1. The smallest absolute Gasteiger partial charge is 0.227 e. The first-order valence-electron chi connectivity index (χ1n) is 11.4. The van der Waals surface area contributed by atoms with E-state index < -0.39 is 0 Å². The summed E-state index contributed by atoms with van der Waals surface area (Å²) in [5, 5.41) is 9.20. The van der Waals surface area contributed by atoms with Gasteiger partial charge in [0, 0.05) is 25.8 Å². The van der Waals surface area contributed by atoms with E-state index in [9.17, 15) is 0 Å². The van der Waals surface area contributed by atoms with Gasteiger partial charge in [-0.1, -0.05) is 37.3 Å². The number of aromatic amines is 1. The summed E-state index contributed by atoms with van der Waals surface area (Å²) in [4.78, 5) is 5.59. The number of nitrogens with one attached hydrogen (secondary N) is 1. The number of hydrogen-bond acceptors (Lipinski definition) is 5. The zero-order valence-electron chi connectivity index (χ0n) is 19.8. The van der Waals surface area contributed by atoms with E-state index in [0.29, 0.717) is 19.1 Å². The van der Waals surface area contributed by atoms with Crippen molar-refractivity contribution in [3.05, 3.63) is 54.2 Å². The summed E-state index contributed by atoms with van der Waals surface area (Å²) in [6.45, 7) is 14.3. The third-order valence-corrected chi connectivity index (χ3v) is 5.56. The molecule has 0 spiro atoms. The summed E-state index contributed by atoms with van der Waals surface area (Å²) in [7, 11) is 0. The van der Waals surface area contributed by atoms with Crippen LogP contribution in [0.2, 0.25) is 0 Å². The molecule has 1 atom stereocenters. The highest BCUT2D eigenvalue weighted by Gasteiger charge is 2.40. The highest BCUT2D eigenvalue weighted by molar-refractivity contribution is 5.53. The molecule has 32 heavy (non-hydrogen) atoms. The Morgan fingerprint density at radius 3 is 2.41 bits per heavy atom. The molecule has 1 fully saturated rings. The van der Waals surface area contributed by atoms with Crippen molar-refractivity contribution in [1.82, 2.24) is 19.7 Å². The van der Waals surface area contributed by atoms with Gasteiger partial charge < -0.3 is 19.4 Å². The fourth-order valence-corrected chi connectivity index (χ4v) is 4.61. The second-order valence-corrected chi connectivity index (χ2v) is 10.1. The van der Waals surface area contributed by atoms with Crippen LogP contribution >= 0.6 is 0 Å². The predicted octanol–water partition coefficient (Wildman–Crippen LogP) is 4.52. The lowest BCUT2D eigenvalue weighted by Gasteiger charge is -2.47. The van der Waals surface area contributed by atoms with Crippen LogP contribution in [0.4, 0.5) is 5.95 Å². The van der Waals surface area contributed by atoms with Crippen LogP contribution in [0.25, 0.3) is 11.5 Å². The second kappa shape index (κ2) is 9.08. The van der Waals surface area contributed by atoms with Gasteiger partial charge in [-0.3, -0.25) is 4.57 Å². The van der Waals surface area contributed by atoms with Gasteiger partial charge in [-0.15, -0.1) is 10.2 Å². The molecule has 0 saturated carbocycles. The lowest BCUT2D eigenvalue weighted by atomic mass is 9.99. The van der Waals surface area contributed by atoms with Crippen LogP contribution in [0, 0.1) is 5.92 Å². The Hall–Kier alpha value is -2.64. The van der Waals surface area contributed by atoms with Crippen LogP contribution in [0.1, 0.15) is 40.2 Å². The number of hydrogen-bond donors (Lipinski definition) is 1. The minimum absolute atomic E-state index is 0.268. The van der Waals surface area contributed by atoms with Crippen molar-refractivity contribution < 1.29 is 9.47 Å². The van der Waals surface area contributed by atoms with Crippen LogP contribution in [0.5, 0.6) is 0 Å². The van der Waals surface area contributed by atoms with Gasteiger partial charge in [-0.25, -0.2) is 0 Å². The van der Waals surface area contributed by atoms with E-state index in [1.165, 1.54) is 5.56 Å². The molecule has 3 heterocycles. The molecule has 4 rings (SSSR count). The van der Waals surface area contributed by atoms with Crippen molar-refractivity contribution in [2.75, 3.05) is 24.6 Å². The third kappa shape index (κ3) is 5.40. The van der Waals surface area contributed by atoms with Crippen molar-refractivity contribution in [3.63, 3.8) is 0 Å². The maximum atomic E-state index is 6.28. The molecule has 7 nitrogen and oxygen atoms in total. The highest BCUT2D eigenvalue weighted by atomic mass is 16.5. The highest BCUT2D eigenvalue weighted by Crippen LogP contribution is 2.32. The summed E-state index contributed by atoms with van der Waals surface area (Å²) >= 11 is 0. The fraction of sp³-hybridized carbons (Fsp3) is 0.520. The number of anilines is 1. The number of nitrogens with zero attached hydrogens (tertiary/aromatic N) is 4. The Bertz CT molecular complexity index is 979. The number of aromatic nitrogens is 4. The van der Waals surface area contributed by atoms with Crippen LogP contribution in [-0.2, 0) is 22.6 Å². The Morgan fingerprint density at radius 2 is 1.75 bits per heavy atom. The van der Waals surface area contributed by atoms with Crippen LogP contribution in [-0.4, -0.2) is 50.6 Å². The summed E-state index contributed by atoms with van der Waals surface area (Å²) in [5.41, 5.74) is 1.62. The Kier molecular flexibility index (Phi) is 6.40. The number of ether oxygens (including phenoxy) is 2. The number of morpholine rings is 1. The van der Waals surface area contributed by atoms with Crippen molar-refractivity contribution in [2.45, 2.75) is 59.0 Å². The van der Waals surface area contributed by atoms with Gasteiger partial charge in [0.25, 0.3) is 0 Å². The van der Waals surface area contributed by atoms with Gasteiger partial charge in [-0.2, -0.15) is 0 Å². The molecule has 0 aliphatic carbocycles. The van der Waals surface area contributed by atoms with Crippen LogP contribution < -0.4 is 4.90 Å². The molecule has 2 aromatic heterocycles. The Labute approximate surface area is 190 Å². The molecule has 0 bridgehead atoms. The van der Waals surface area contributed by atoms with Crippen molar-refractivity contribution >= 4 is 5.95 Å². The molecule has 1 aliphatic heterocycles. The molecular weight excluding hydrogens is 402 g/mol. The zero-order chi connectivity index (χ0) is 22.8. The number of rotatable bonds is 8. The lowest BCUT2D eigenvalue weighted by molar-refractivity contribution is -0.133. The van der Waals surface area contributed by atoms with Gasteiger partial charge >= 0.3 is 0 Å². The summed E-state index contributed by atoms with van der Waals surface area (Å²) in [6, 6.07) is 14.3. The Morgan fingerprint density at radius 1 is 1.03 bits per heavy atom. The van der Waals surface area contributed by atoms with E-state index in [0.717, 1.165) is 37.1 Å². The molecule has 3 aromatic rings. The predicted molar refractivity (Wildman–Crippen MR) is 127 cm³/mol. The van der Waals surface area contributed by atoms with Gasteiger partial charge in [-0.05, 0) is 51.3 Å². The largest absolute Gasteiger partial charge is 0.376 e. The molecule has 1 unspecified atom stereocenters. The van der Waals surface area contributed by atoms with E-state index in [4.69, 9.17) is 9.47 Å². The summed E-state index contributed by atoms with van der Waals surface area (Å²) in [6.07, 6.45) is 1.92. The van der Waals surface area contributed by atoms with Gasteiger partial charge in [0.05, 0.1) is 30.1 Å². The van der Waals surface area contributed by atoms with Crippen molar-refractivity contribution in [1.29, 1.82) is 0 Å². The molecule has 1 aromatic carbocycles. The van der Waals surface area contributed by atoms with E-state index in [2.05, 4.69) is 71.4 Å². The lowest BCUT2D eigenvalue weighted by Crippen LogP contribution is -2.58. The maximum absolute atomic E-state index is 6.28. The molecule has 0 amide bonds. The molecule has 1 saturated heterocycles. The standard InChI is InChI=1S/C25H35N5O2/c1-19(15-31-16-20-10-7-6-8-11-20)14-30-22(21-12-9-13-26-21)27-28-23(30)29-17-24(2,3)32-25(4,5)18-29/h6-13,19,26H,14-18H2,1-5H3. The molecular formula is C25H35N5O2. The van der Waals surface area contributed by atoms with Crippen LogP contribution in [0.15, 0.2) is 48.7 Å². The fourth-order valence-electron chi connectivity index (χ4n) is 4.61. The minimum atomic E-state index is -0.268. The molecule has 7 heteroatoms. The van der Waals surface area contributed by atoms with Crippen molar-refractivity contribution in [2.24, 2.45) is 5.92 Å². The van der Waals surface area contributed by atoms with Crippen LogP contribution in [0.3, 0.4) is 0 Å². The average molecular weight is 438 g/mol. The van der Waals surface area contributed by atoms with Gasteiger partial charge in [0.15, 0.2) is 5.82 Å². The van der Waals surface area contributed by atoms with E-state index in [-0.39, 0.29) is 11.2 Å². The number of benzene rings is 1. The first-order valence-corrected chi connectivity index (χ1v) is 11.4. The number of H-pyrrole nitrogens is 1.